The Labute approximate surface area is 318 Å². The zero-order chi connectivity index (χ0) is 38.8. The Balaban J connectivity index is 2.43. The van der Waals surface area contributed by atoms with Crippen molar-refractivity contribution in [2.24, 2.45) is 0 Å². The van der Waals surface area contributed by atoms with E-state index in [4.69, 9.17) is 18.9 Å². The van der Waals surface area contributed by atoms with Crippen molar-refractivity contribution in [3.63, 3.8) is 0 Å². The Hall–Kier alpha value is -3.12. The van der Waals surface area contributed by atoms with Crippen LogP contribution in [-0.4, -0.2) is 89.0 Å². The summed E-state index contributed by atoms with van der Waals surface area (Å²) >= 11 is 0. The number of aliphatic hydroxyl groups is 4. The van der Waals surface area contributed by atoms with E-state index in [-0.39, 0.29) is 26.1 Å². The summed E-state index contributed by atoms with van der Waals surface area (Å²) in [6.45, 7) is 3.06. The topological polar surface area (TPSA) is 152 Å². The van der Waals surface area contributed by atoms with E-state index in [1.54, 1.807) is 0 Å². The third-order valence-electron chi connectivity index (χ3n) is 8.43. The molecule has 1 fully saturated rings. The van der Waals surface area contributed by atoms with Crippen LogP contribution in [0.15, 0.2) is 85.1 Å². The summed E-state index contributed by atoms with van der Waals surface area (Å²) in [7, 11) is 0. The highest BCUT2D eigenvalue weighted by molar-refractivity contribution is 5.70. The van der Waals surface area contributed by atoms with Gasteiger partial charge in [-0.05, 0) is 51.4 Å². The number of rotatable bonds is 30. The summed E-state index contributed by atoms with van der Waals surface area (Å²) in [6, 6.07) is 0. The van der Waals surface area contributed by atoms with Crippen LogP contribution in [-0.2, 0) is 28.5 Å². The van der Waals surface area contributed by atoms with Crippen molar-refractivity contribution in [3.8, 4) is 0 Å². The number of aliphatic hydroxyl groups excluding tert-OH is 4. The maximum atomic E-state index is 12.7. The Morgan fingerprint density at radius 3 is 1.60 bits per heavy atom. The average molecular weight is 745 g/mol. The van der Waals surface area contributed by atoms with E-state index in [1.807, 2.05) is 42.5 Å². The average Bonchev–Trinajstić information content (AvgIpc) is 3.15. The molecule has 1 saturated heterocycles. The third kappa shape index (κ3) is 25.5. The van der Waals surface area contributed by atoms with E-state index in [0.717, 1.165) is 57.8 Å². The molecule has 1 rings (SSSR count). The van der Waals surface area contributed by atoms with Gasteiger partial charge in [0.05, 0.1) is 13.2 Å². The van der Waals surface area contributed by atoms with Crippen LogP contribution >= 0.6 is 0 Å². The molecular weight excluding hydrogens is 676 g/mol. The number of unbranched alkanes of at least 4 members (excludes halogenated alkanes) is 10. The molecule has 6 atom stereocenters. The molecule has 0 bridgehead atoms. The highest BCUT2D eigenvalue weighted by atomic mass is 16.7. The van der Waals surface area contributed by atoms with Gasteiger partial charge in [-0.1, -0.05) is 137 Å². The molecule has 300 valence electrons. The second-order valence-electron chi connectivity index (χ2n) is 13.1. The Morgan fingerprint density at radius 1 is 0.585 bits per heavy atom. The summed E-state index contributed by atoms with van der Waals surface area (Å²) in [4.78, 5) is 25.2. The first kappa shape index (κ1) is 47.9. The molecule has 4 N–H and O–H groups in total. The number of ether oxygens (including phenoxy) is 4. The molecule has 1 aliphatic heterocycles. The Kier molecular flexibility index (Phi) is 30.2. The van der Waals surface area contributed by atoms with Gasteiger partial charge in [0.1, 0.15) is 31.0 Å². The molecule has 0 aromatic rings. The van der Waals surface area contributed by atoms with Crippen molar-refractivity contribution in [1.29, 1.82) is 0 Å². The minimum atomic E-state index is -1.61. The van der Waals surface area contributed by atoms with Gasteiger partial charge in [-0.15, -0.1) is 0 Å². The van der Waals surface area contributed by atoms with Crippen molar-refractivity contribution in [2.75, 3.05) is 19.8 Å². The van der Waals surface area contributed by atoms with E-state index < -0.39 is 55.4 Å². The Morgan fingerprint density at radius 2 is 1.06 bits per heavy atom. The van der Waals surface area contributed by atoms with Gasteiger partial charge in [0.2, 0.25) is 0 Å². The second-order valence-corrected chi connectivity index (χ2v) is 13.1. The highest BCUT2D eigenvalue weighted by Gasteiger charge is 2.44. The second kappa shape index (κ2) is 33.4. The summed E-state index contributed by atoms with van der Waals surface area (Å²) in [5.41, 5.74) is 0. The van der Waals surface area contributed by atoms with Crippen molar-refractivity contribution in [1.82, 2.24) is 0 Å². The van der Waals surface area contributed by atoms with Gasteiger partial charge >= 0.3 is 11.9 Å². The maximum absolute atomic E-state index is 12.7. The molecule has 0 aliphatic carbocycles. The molecule has 0 saturated carbocycles. The van der Waals surface area contributed by atoms with Gasteiger partial charge in [-0.25, -0.2) is 0 Å². The molecular formula is C43H68O10. The first-order valence-corrected chi connectivity index (χ1v) is 19.7. The summed E-state index contributed by atoms with van der Waals surface area (Å²) in [6.07, 6.45) is 34.5. The molecule has 1 aliphatic rings. The Bertz CT molecular complexity index is 1140. The van der Waals surface area contributed by atoms with Crippen molar-refractivity contribution in [3.05, 3.63) is 85.1 Å². The normalized spacial score (nSPS) is 21.8. The van der Waals surface area contributed by atoms with E-state index >= 15 is 0 Å². The molecule has 0 aromatic heterocycles. The number of carbonyl (C=O) groups is 2. The predicted molar refractivity (Wildman–Crippen MR) is 210 cm³/mol. The number of hydrogen-bond donors (Lipinski definition) is 4. The van der Waals surface area contributed by atoms with E-state index in [1.165, 1.54) is 19.3 Å². The van der Waals surface area contributed by atoms with Gasteiger partial charge in [0, 0.05) is 12.8 Å². The minimum Gasteiger partial charge on any atom is -0.462 e. The van der Waals surface area contributed by atoms with Gasteiger partial charge in [0.15, 0.2) is 12.4 Å². The number of esters is 2. The molecule has 0 amide bonds. The van der Waals surface area contributed by atoms with Gasteiger partial charge in [-0.2, -0.15) is 0 Å². The van der Waals surface area contributed by atoms with Crippen LogP contribution in [0.5, 0.6) is 0 Å². The van der Waals surface area contributed by atoms with E-state index in [2.05, 4.69) is 56.4 Å². The SMILES string of the molecule is CC/C=C/C=C/C=C/C=C/CCCCCC(=O)OC(COC(=O)CCCCCCCCC/C=C/C=C/C=C/CC)CO[C@H]1O[C@@H](CO)[C@@H](O)C(O)C1O. The fourth-order valence-electron chi connectivity index (χ4n) is 5.31. The summed E-state index contributed by atoms with van der Waals surface area (Å²) in [5.74, 6) is -0.879. The predicted octanol–water partition coefficient (Wildman–Crippen LogP) is 7.43. The molecule has 3 unspecified atom stereocenters. The van der Waals surface area contributed by atoms with Crippen LogP contribution in [0.1, 0.15) is 117 Å². The highest BCUT2D eigenvalue weighted by Crippen LogP contribution is 2.22. The van der Waals surface area contributed by atoms with E-state index in [0.29, 0.717) is 12.8 Å². The van der Waals surface area contributed by atoms with Gasteiger partial charge in [-0.3, -0.25) is 9.59 Å². The van der Waals surface area contributed by atoms with Crippen molar-refractivity contribution < 1.29 is 49.0 Å². The van der Waals surface area contributed by atoms with Crippen LogP contribution in [0.2, 0.25) is 0 Å². The number of carbonyl (C=O) groups excluding carboxylic acids is 2. The van der Waals surface area contributed by atoms with Crippen LogP contribution < -0.4 is 0 Å². The van der Waals surface area contributed by atoms with Crippen LogP contribution in [0.3, 0.4) is 0 Å². The van der Waals surface area contributed by atoms with E-state index in [9.17, 15) is 30.0 Å². The van der Waals surface area contributed by atoms with Crippen LogP contribution in [0.25, 0.3) is 0 Å². The zero-order valence-electron chi connectivity index (χ0n) is 32.2. The third-order valence-corrected chi connectivity index (χ3v) is 8.43. The molecule has 53 heavy (non-hydrogen) atoms. The molecule has 0 spiro atoms. The summed E-state index contributed by atoms with van der Waals surface area (Å²) in [5, 5.41) is 39.9. The molecule has 0 aromatic carbocycles. The molecule has 10 heteroatoms. The fourth-order valence-corrected chi connectivity index (χ4v) is 5.31. The quantitative estimate of drug-likeness (QED) is 0.0332. The number of allylic oxidation sites excluding steroid dienone is 14. The molecule has 1 heterocycles. The lowest BCUT2D eigenvalue weighted by Crippen LogP contribution is -2.59. The number of hydrogen-bond acceptors (Lipinski definition) is 10. The lowest BCUT2D eigenvalue weighted by molar-refractivity contribution is -0.305. The first-order valence-electron chi connectivity index (χ1n) is 19.7. The van der Waals surface area contributed by atoms with Gasteiger partial charge in [0.25, 0.3) is 0 Å². The minimum absolute atomic E-state index is 0.176. The largest absolute Gasteiger partial charge is 0.462 e. The maximum Gasteiger partial charge on any atom is 0.306 e. The standard InChI is InChI=1S/C43H68O10/c1-3-5-7-9-11-13-15-17-18-20-21-23-25-27-29-31-38(45)50-34-36(35-51-43-42(49)41(48)40(47)37(33-44)53-43)52-39(46)32-30-28-26-24-22-19-16-14-12-10-8-6-4-2/h5-16,19,22,36-37,40-44,47-49H,3-4,17-18,20-21,23-35H2,1-2H3/b7-5+,8-6+,11-9+,12-10+,15-13+,16-14+,22-19+/t36?,37-,40+,41?,42?,43-/m0/s1. The smallest absolute Gasteiger partial charge is 0.306 e. The lowest BCUT2D eigenvalue weighted by Gasteiger charge is -2.39. The van der Waals surface area contributed by atoms with Crippen LogP contribution in [0.4, 0.5) is 0 Å². The first-order chi connectivity index (χ1) is 25.8. The van der Waals surface area contributed by atoms with Crippen LogP contribution in [0, 0.1) is 0 Å². The fraction of sp³-hybridized carbons (Fsp3) is 0.628. The monoisotopic (exact) mass is 744 g/mol. The molecule has 0 radical (unpaired) electrons. The van der Waals surface area contributed by atoms with Gasteiger partial charge < -0.3 is 39.4 Å². The van der Waals surface area contributed by atoms with Crippen molar-refractivity contribution >= 4 is 11.9 Å². The lowest BCUT2D eigenvalue weighted by atomic mass is 9.99. The van der Waals surface area contributed by atoms with Crippen molar-refractivity contribution in [2.45, 2.75) is 153 Å². The molecule has 10 nitrogen and oxygen atoms in total. The zero-order valence-corrected chi connectivity index (χ0v) is 32.2. The summed E-state index contributed by atoms with van der Waals surface area (Å²) < 4.78 is 22.0.